The maximum atomic E-state index is 12.3. The molecule has 2 N–H and O–H groups in total. The van der Waals surface area contributed by atoms with E-state index in [1.165, 1.54) is 26.0 Å². The van der Waals surface area contributed by atoms with Crippen LogP contribution in [-0.2, 0) is 11.3 Å². The summed E-state index contributed by atoms with van der Waals surface area (Å²) >= 11 is 0. The first kappa shape index (κ1) is 20.2. The zero-order chi connectivity index (χ0) is 19.3. The third-order valence-corrected chi connectivity index (χ3v) is 5.22. The van der Waals surface area contributed by atoms with Crippen LogP contribution in [0.4, 0.5) is 13.2 Å². The van der Waals surface area contributed by atoms with Crippen LogP contribution in [0.15, 0.2) is 18.2 Å². The number of benzene rings is 1. The van der Waals surface area contributed by atoms with E-state index in [1.807, 2.05) is 0 Å². The normalized spacial score (nSPS) is 26.1. The standard InChI is InChI=1S/C19H27F3N2O3/c1-25-18-9-13(5-6-17(18)27-12-19(20,21)22)10-24-15-4-2-3-14(15)16-11-26-8-7-23-16/h5-6,9,14-16,23-24H,2-4,7-8,10-12H2,1H3. The predicted molar refractivity (Wildman–Crippen MR) is 95.1 cm³/mol. The van der Waals surface area contributed by atoms with Gasteiger partial charge < -0.3 is 24.8 Å². The SMILES string of the molecule is COc1cc(CNC2CCCC2C2COCCN2)ccc1OCC(F)(F)F. The number of nitrogens with one attached hydrogen (secondary N) is 2. The number of alkyl halides is 3. The Labute approximate surface area is 157 Å². The second kappa shape index (κ2) is 9.12. The van der Waals surface area contributed by atoms with E-state index in [0.29, 0.717) is 30.3 Å². The minimum absolute atomic E-state index is 0.0980. The molecule has 0 amide bonds. The van der Waals surface area contributed by atoms with Gasteiger partial charge in [-0.2, -0.15) is 13.2 Å². The number of ether oxygens (including phenoxy) is 3. The van der Waals surface area contributed by atoms with Crippen molar-refractivity contribution in [2.75, 3.05) is 33.5 Å². The van der Waals surface area contributed by atoms with Crippen LogP contribution >= 0.6 is 0 Å². The van der Waals surface area contributed by atoms with Gasteiger partial charge in [0.2, 0.25) is 0 Å². The third kappa shape index (κ3) is 5.73. The average Bonchev–Trinajstić information content (AvgIpc) is 3.13. The fourth-order valence-corrected chi connectivity index (χ4v) is 3.93. The Bertz CT molecular complexity index is 606. The zero-order valence-corrected chi connectivity index (χ0v) is 15.5. The van der Waals surface area contributed by atoms with Gasteiger partial charge in [-0.25, -0.2) is 0 Å². The number of hydrogen-bond acceptors (Lipinski definition) is 5. The molecule has 1 aliphatic heterocycles. The highest BCUT2D eigenvalue weighted by Gasteiger charge is 2.34. The van der Waals surface area contributed by atoms with Crippen molar-refractivity contribution in [2.24, 2.45) is 5.92 Å². The summed E-state index contributed by atoms with van der Waals surface area (Å²) in [5.74, 6) is 0.936. The summed E-state index contributed by atoms with van der Waals surface area (Å²) in [5, 5.41) is 7.15. The molecule has 1 saturated heterocycles. The van der Waals surface area contributed by atoms with Crippen molar-refractivity contribution in [3.8, 4) is 11.5 Å². The van der Waals surface area contributed by atoms with Crippen molar-refractivity contribution in [1.29, 1.82) is 0 Å². The Morgan fingerprint density at radius 1 is 1.26 bits per heavy atom. The average molecular weight is 388 g/mol. The lowest BCUT2D eigenvalue weighted by Crippen LogP contribution is -2.50. The van der Waals surface area contributed by atoms with Gasteiger partial charge in [0.05, 0.1) is 20.3 Å². The molecule has 5 nitrogen and oxygen atoms in total. The molecular weight excluding hydrogens is 361 g/mol. The van der Waals surface area contributed by atoms with Crippen molar-refractivity contribution < 1.29 is 27.4 Å². The van der Waals surface area contributed by atoms with Gasteiger partial charge in [-0.1, -0.05) is 12.5 Å². The van der Waals surface area contributed by atoms with Crippen molar-refractivity contribution >= 4 is 0 Å². The summed E-state index contributed by atoms with van der Waals surface area (Å²) < 4.78 is 52.7. The summed E-state index contributed by atoms with van der Waals surface area (Å²) in [6.07, 6.45) is -0.896. The van der Waals surface area contributed by atoms with Crippen molar-refractivity contribution in [2.45, 2.75) is 44.1 Å². The van der Waals surface area contributed by atoms with E-state index in [0.717, 1.165) is 31.7 Å². The molecule has 27 heavy (non-hydrogen) atoms. The maximum Gasteiger partial charge on any atom is 0.422 e. The predicted octanol–water partition coefficient (Wildman–Crippen LogP) is 2.88. The summed E-state index contributed by atoms with van der Waals surface area (Å²) in [5.41, 5.74) is 0.949. The molecular formula is C19H27F3N2O3. The second-order valence-corrected chi connectivity index (χ2v) is 7.11. The summed E-state index contributed by atoms with van der Waals surface area (Å²) in [6.45, 7) is 1.71. The van der Waals surface area contributed by atoms with Gasteiger partial charge in [0.15, 0.2) is 18.1 Å². The van der Waals surface area contributed by atoms with Gasteiger partial charge in [0, 0.05) is 25.2 Å². The van der Waals surface area contributed by atoms with Gasteiger partial charge in [0.25, 0.3) is 0 Å². The molecule has 0 aromatic heterocycles. The summed E-state index contributed by atoms with van der Waals surface area (Å²) in [4.78, 5) is 0. The Morgan fingerprint density at radius 2 is 2.11 bits per heavy atom. The number of hydrogen-bond donors (Lipinski definition) is 2. The molecule has 3 atom stereocenters. The molecule has 3 rings (SSSR count). The van der Waals surface area contributed by atoms with Crippen LogP contribution in [0, 0.1) is 5.92 Å². The van der Waals surface area contributed by atoms with Crippen LogP contribution in [0.25, 0.3) is 0 Å². The third-order valence-electron chi connectivity index (χ3n) is 5.22. The van der Waals surface area contributed by atoms with Crippen molar-refractivity contribution in [1.82, 2.24) is 10.6 Å². The molecule has 1 aromatic carbocycles. The fourth-order valence-electron chi connectivity index (χ4n) is 3.93. The quantitative estimate of drug-likeness (QED) is 0.752. The lowest BCUT2D eigenvalue weighted by Gasteiger charge is -2.33. The highest BCUT2D eigenvalue weighted by molar-refractivity contribution is 5.43. The molecule has 8 heteroatoms. The summed E-state index contributed by atoms with van der Waals surface area (Å²) in [6, 6.07) is 5.81. The summed E-state index contributed by atoms with van der Waals surface area (Å²) in [7, 11) is 1.43. The Kier molecular flexibility index (Phi) is 6.83. The largest absolute Gasteiger partial charge is 0.493 e. The van der Waals surface area contributed by atoms with E-state index in [2.05, 4.69) is 10.6 Å². The van der Waals surface area contributed by atoms with Gasteiger partial charge in [0.1, 0.15) is 0 Å². The monoisotopic (exact) mass is 388 g/mol. The van der Waals surface area contributed by atoms with E-state index in [9.17, 15) is 13.2 Å². The van der Waals surface area contributed by atoms with Gasteiger partial charge >= 0.3 is 6.18 Å². The second-order valence-electron chi connectivity index (χ2n) is 7.11. The number of halogens is 3. The lowest BCUT2D eigenvalue weighted by atomic mass is 9.94. The van der Waals surface area contributed by atoms with E-state index in [-0.39, 0.29) is 5.75 Å². The van der Waals surface area contributed by atoms with Gasteiger partial charge in [-0.15, -0.1) is 0 Å². The Hall–Kier alpha value is -1.51. The molecule has 1 heterocycles. The van der Waals surface area contributed by atoms with Crippen molar-refractivity contribution in [3.05, 3.63) is 23.8 Å². The van der Waals surface area contributed by atoms with Crippen LogP contribution < -0.4 is 20.1 Å². The van der Waals surface area contributed by atoms with E-state index in [1.54, 1.807) is 12.1 Å². The maximum absolute atomic E-state index is 12.3. The fraction of sp³-hybridized carbons (Fsp3) is 0.684. The minimum atomic E-state index is -4.38. The van der Waals surface area contributed by atoms with Gasteiger partial charge in [-0.05, 0) is 36.5 Å². The molecule has 0 bridgehead atoms. The van der Waals surface area contributed by atoms with Crippen LogP contribution in [0.2, 0.25) is 0 Å². The first-order chi connectivity index (χ1) is 13.0. The highest BCUT2D eigenvalue weighted by Crippen LogP contribution is 2.32. The first-order valence-corrected chi connectivity index (χ1v) is 9.37. The minimum Gasteiger partial charge on any atom is -0.493 e. The van der Waals surface area contributed by atoms with E-state index < -0.39 is 12.8 Å². The first-order valence-electron chi connectivity index (χ1n) is 9.37. The van der Waals surface area contributed by atoms with Crippen LogP contribution in [0.3, 0.4) is 0 Å². The molecule has 0 radical (unpaired) electrons. The molecule has 1 saturated carbocycles. The van der Waals surface area contributed by atoms with Gasteiger partial charge in [-0.3, -0.25) is 0 Å². The Balaban J connectivity index is 1.57. The number of methoxy groups -OCH3 is 1. The lowest BCUT2D eigenvalue weighted by molar-refractivity contribution is -0.153. The molecule has 0 spiro atoms. The van der Waals surface area contributed by atoms with E-state index >= 15 is 0 Å². The van der Waals surface area contributed by atoms with Crippen LogP contribution in [-0.4, -0.2) is 51.7 Å². The van der Waals surface area contributed by atoms with E-state index in [4.69, 9.17) is 14.2 Å². The highest BCUT2D eigenvalue weighted by atomic mass is 19.4. The zero-order valence-electron chi connectivity index (χ0n) is 15.5. The Morgan fingerprint density at radius 3 is 2.81 bits per heavy atom. The smallest absolute Gasteiger partial charge is 0.422 e. The topological polar surface area (TPSA) is 51.8 Å². The molecule has 1 aliphatic carbocycles. The molecule has 2 fully saturated rings. The van der Waals surface area contributed by atoms with Crippen molar-refractivity contribution in [3.63, 3.8) is 0 Å². The van der Waals surface area contributed by atoms with Crippen LogP contribution in [0.1, 0.15) is 24.8 Å². The number of morpholine rings is 1. The van der Waals surface area contributed by atoms with Crippen LogP contribution in [0.5, 0.6) is 11.5 Å². The molecule has 2 aliphatic rings. The molecule has 1 aromatic rings. The molecule has 3 unspecified atom stereocenters. The number of rotatable bonds is 7. The molecule has 152 valence electrons.